The molecule has 0 radical (unpaired) electrons. The molecule has 5 N–H and O–H groups in total. The van der Waals surface area contributed by atoms with Crippen molar-refractivity contribution in [1.29, 1.82) is 0 Å². The Kier molecular flexibility index (Phi) is 6.84. The summed E-state index contributed by atoms with van der Waals surface area (Å²) in [6.45, 7) is 1.45. The van der Waals surface area contributed by atoms with Crippen molar-refractivity contribution in [1.82, 2.24) is 10.2 Å². The van der Waals surface area contributed by atoms with Gasteiger partial charge >= 0.3 is 5.97 Å². The zero-order chi connectivity index (χ0) is 23.7. The van der Waals surface area contributed by atoms with E-state index >= 15 is 0 Å². The van der Waals surface area contributed by atoms with Crippen LogP contribution in [0.3, 0.4) is 0 Å². The van der Waals surface area contributed by atoms with Crippen LogP contribution in [0.2, 0.25) is 0 Å². The summed E-state index contributed by atoms with van der Waals surface area (Å²) in [4.78, 5) is 13.9. The standard InChI is InChI=1S/C23H28N2O8/c1-12(13-3-4-15-10-16(31-2)6-5-14(15)9-13)22(29)32-11-17-19(27)20(28)21(33-17)25-8-7-18(26)24-23(25)30/h3-10,12,17-21,23-24,26-28,30H,11H2,1-2H3/t12?,17-,18?,19-,20-,21-,23?/m1/s1. The summed E-state index contributed by atoms with van der Waals surface area (Å²) in [5.41, 5.74) is 0.773. The van der Waals surface area contributed by atoms with Gasteiger partial charge in [-0.25, -0.2) is 5.32 Å². The Morgan fingerprint density at radius 1 is 1.12 bits per heavy atom. The van der Waals surface area contributed by atoms with Crippen LogP contribution in [0.5, 0.6) is 5.75 Å². The van der Waals surface area contributed by atoms with E-state index in [0.29, 0.717) is 0 Å². The third-order valence-corrected chi connectivity index (χ3v) is 5.99. The molecule has 0 saturated carbocycles. The average Bonchev–Trinajstić information content (AvgIpc) is 3.09. The fourth-order valence-electron chi connectivity index (χ4n) is 3.96. The lowest BCUT2D eigenvalue weighted by molar-refractivity contribution is -0.164. The Hall–Kier alpha value is -2.73. The number of nitrogens with one attached hydrogen (secondary N) is 1. The van der Waals surface area contributed by atoms with Crippen LogP contribution in [0.4, 0.5) is 0 Å². The number of ether oxygens (including phenoxy) is 3. The van der Waals surface area contributed by atoms with Crippen molar-refractivity contribution in [3.63, 3.8) is 0 Å². The van der Waals surface area contributed by atoms with Crippen molar-refractivity contribution < 1.29 is 39.4 Å². The largest absolute Gasteiger partial charge is 0.497 e. The third kappa shape index (κ3) is 4.81. The lowest BCUT2D eigenvalue weighted by Crippen LogP contribution is -2.56. The van der Waals surface area contributed by atoms with E-state index in [1.807, 2.05) is 36.4 Å². The highest BCUT2D eigenvalue weighted by atomic mass is 16.6. The van der Waals surface area contributed by atoms with Crippen LogP contribution in [-0.4, -0.2) is 82.1 Å². The molecule has 10 heteroatoms. The van der Waals surface area contributed by atoms with Gasteiger partial charge in [-0.15, -0.1) is 0 Å². The Bertz CT molecular complexity index is 1030. The number of aliphatic hydroxyl groups excluding tert-OH is 4. The van der Waals surface area contributed by atoms with Crippen molar-refractivity contribution in [3.05, 3.63) is 54.2 Å². The molecule has 0 aliphatic carbocycles. The van der Waals surface area contributed by atoms with E-state index in [9.17, 15) is 25.2 Å². The zero-order valence-corrected chi connectivity index (χ0v) is 18.2. The molecule has 0 aromatic heterocycles. The number of hydrogen-bond acceptors (Lipinski definition) is 10. The third-order valence-electron chi connectivity index (χ3n) is 5.99. The maximum absolute atomic E-state index is 12.7. The molecule has 2 aromatic rings. The number of benzene rings is 2. The van der Waals surface area contributed by atoms with E-state index in [2.05, 4.69) is 5.32 Å². The smallest absolute Gasteiger partial charge is 0.313 e. The lowest BCUT2D eigenvalue weighted by Gasteiger charge is -2.37. The summed E-state index contributed by atoms with van der Waals surface area (Å²) in [7, 11) is 1.60. The maximum atomic E-state index is 12.7. The fourth-order valence-corrected chi connectivity index (χ4v) is 3.96. The van der Waals surface area contributed by atoms with Crippen molar-refractivity contribution in [2.75, 3.05) is 13.7 Å². The average molecular weight is 460 g/mol. The van der Waals surface area contributed by atoms with Crippen LogP contribution in [0, 0.1) is 0 Å². The number of rotatable bonds is 6. The predicted octanol–water partition coefficient (Wildman–Crippen LogP) is -0.0450. The van der Waals surface area contributed by atoms with Gasteiger partial charge in [-0.2, -0.15) is 0 Å². The highest BCUT2D eigenvalue weighted by Crippen LogP contribution is 2.28. The second-order valence-corrected chi connectivity index (χ2v) is 8.14. The van der Waals surface area contributed by atoms with E-state index in [0.717, 1.165) is 22.1 Å². The topological polar surface area (TPSA) is 141 Å². The van der Waals surface area contributed by atoms with Crippen molar-refractivity contribution in [2.24, 2.45) is 0 Å². The van der Waals surface area contributed by atoms with Gasteiger partial charge in [0.1, 0.15) is 36.9 Å². The van der Waals surface area contributed by atoms with Gasteiger partial charge in [0.05, 0.1) is 13.0 Å². The van der Waals surface area contributed by atoms with Gasteiger partial charge in [0.2, 0.25) is 0 Å². The first-order valence-corrected chi connectivity index (χ1v) is 10.6. The molecule has 178 valence electrons. The molecule has 7 atom stereocenters. The number of hydrogen-bond donors (Lipinski definition) is 5. The Morgan fingerprint density at radius 3 is 2.58 bits per heavy atom. The second kappa shape index (κ2) is 9.64. The van der Waals surface area contributed by atoms with Gasteiger partial charge < -0.3 is 39.5 Å². The molecule has 2 heterocycles. The van der Waals surface area contributed by atoms with Crippen LogP contribution in [0.15, 0.2) is 48.7 Å². The normalized spacial score (nSPS) is 30.4. The Labute approximate surface area is 190 Å². The highest BCUT2D eigenvalue weighted by molar-refractivity contribution is 5.86. The van der Waals surface area contributed by atoms with Crippen LogP contribution in [0.25, 0.3) is 10.8 Å². The number of fused-ring (bicyclic) bond motifs is 1. The molecule has 0 spiro atoms. The first kappa shape index (κ1) is 23.4. The first-order chi connectivity index (χ1) is 15.8. The molecular weight excluding hydrogens is 432 g/mol. The molecule has 0 amide bonds. The van der Waals surface area contributed by atoms with E-state index < -0.39 is 49.0 Å². The minimum atomic E-state index is -1.36. The predicted molar refractivity (Wildman–Crippen MR) is 117 cm³/mol. The van der Waals surface area contributed by atoms with Crippen LogP contribution in [-0.2, 0) is 14.3 Å². The van der Waals surface area contributed by atoms with Gasteiger partial charge in [-0.3, -0.25) is 4.79 Å². The molecule has 1 fully saturated rings. The molecule has 2 aliphatic rings. The summed E-state index contributed by atoms with van der Waals surface area (Å²) in [5.74, 6) is -0.314. The number of aliphatic hydroxyl groups is 4. The molecule has 10 nitrogen and oxygen atoms in total. The van der Waals surface area contributed by atoms with Gasteiger partial charge in [-0.05, 0) is 41.5 Å². The van der Waals surface area contributed by atoms with Crippen LogP contribution >= 0.6 is 0 Å². The maximum Gasteiger partial charge on any atom is 0.313 e. The molecule has 33 heavy (non-hydrogen) atoms. The summed E-state index contributed by atoms with van der Waals surface area (Å²) < 4.78 is 16.3. The number of carbonyl (C=O) groups is 1. The van der Waals surface area contributed by atoms with Crippen molar-refractivity contribution in [3.8, 4) is 5.75 Å². The highest BCUT2D eigenvalue weighted by Gasteiger charge is 2.47. The summed E-state index contributed by atoms with van der Waals surface area (Å²) in [6.07, 6.45) is -4.44. The lowest BCUT2D eigenvalue weighted by atomic mass is 9.98. The number of esters is 1. The first-order valence-electron chi connectivity index (χ1n) is 10.6. The monoisotopic (exact) mass is 460 g/mol. The minimum absolute atomic E-state index is 0.271. The summed E-state index contributed by atoms with van der Waals surface area (Å²) in [5, 5.41) is 44.6. The SMILES string of the molecule is COc1ccc2cc(C(C)C(=O)OC[C@H]3O[C@@H](N4C=CC(O)NC4O)[C@H](O)[C@@H]3O)ccc2c1. The molecule has 2 aliphatic heterocycles. The minimum Gasteiger partial charge on any atom is -0.497 e. The van der Waals surface area contributed by atoms with Crippen LogP contribution in [0.1, 0.15) is 18.4 Å². The molecule has 0 bridgehead atoms. The molecule has 4 rings (SSSR count). The quantitative estimate of drug-likeness (QED) is 0.373. The van der Waals surface area contributed by atoms with E-state index in [-0.39, 0.29) is 6.61 Å². The number of carbonyl (C=O) groups excluding carboxylic acids is 1. The Morgan fingerprint density at radius 2 is 1.85 bits per heavy atom. The molecule has 1 saturated heterocycles. The second-order valence-electron chi connectivity index (χ2n) is 8.14. The molecule has 3 unspecified atom stereocenters. The molecule has 2 aromatic carbocycles. The van der Waals surface area contributed by atoms with Crippen molar-refractivity contribution >= 4 is 16.7 Å². The number of methoxy groups -OCH3 is 1. The number of nitrogens with zero attached hydrogens (tertiary/aromatic N) is 1. The molecular formula is C23H28N2O8. The Balaban J connectivity index is 1.38. The van der Waals surface area contributed by atoms with Crippen molar-refractivity contribution in [2.45, 2.75) is 50.0 Å². The summed E-state index contributed by atoms with van der Waals surface area (Å²) in [6, 6.07) is 11.3. The van der Waals surface area contributed by atoms with E-state index in [1.165, 1.54) is 17.2 Å². The van der Waals surface area contributed by atoms with Gasteiger partial charge in [-0.1, -0.05) is 24.3 Å². The fraction of sp³-hybridized carbons (Fsp3) is 0.435. The van der Waals surface area contributed by atoms with Gasteiger partial charge in [0.15, 0.2) is 12.6 Å². The van der Waals surface area contributed by atoms with Gasteiger partial charge in [0.25, 0.3) is 0 Å². The van der Waals surface area contributed by atoms with E-state index in [4.69, 9.17) is 14.2 Å². The zero-order valence-electron chi connectivity index (χ0n) is 18.2. The van der Waals surface area contributed by atoms with Gasteiger partial charge in [0, 0.05) is 6.20 Å². The van der Waals surface area contributed by atoms with E-state index in [1.54, 1.807) is 14.0 Å². The summed E-state index contributed by atoms with van der Waals surface area (Å²) >= 11 is 0. The van der Waals surface area contributed by atoms with Crippen LogP contribution < -0.4 is 10.1 Å².